The third-order valence-electron chi connectivity index (χ3n) is 5.19. The Balaban J connectivity index is 1.91. The fourth-order valence-corrected chi connectivity index (χ4v) is 3.82. The zero-order valence-corrected chi connectivity index (χ0v) is 17.3. The number of nitrogens with zero attached hydrogens (tertiary/aromatic N) is 1. The Labute approximate surface area is 165 Å². The van der Waals surface area contributed by atoms with Crippen molar-refractivity contribution in [3.05, 3.63) is 68.8 Å². The molecular weight excluding hydrogens is 350 g/mol. The number of aryl methyl sites for hydroxylation is 3. The molecule has 2 N–H and O–H groups in total. The smallest absolute Gasteiger partial charge is 0.253 e. The van der Waals surface area contributed by atoms with Crippen molar-refractivity contribution in [2.75, 3.05) is 0 Å². The van der Waals surface area contributed by atoms with Gasteiger partial charge in [-0.2, -0.15) is 0 Å². The van der Waals surface area contributed by atoms with Gasteiger partial charge in [-0.3, -0.25) is 9.59 Å². The molecule has 5 heteroatoms. The van der Waals surface area contributed by atoms with E-state index in [-0.39, 0.29) is 18.0 Å². The standard InChI is InChI=1S/C23H29N3O2/c1-6-7-17-12-16(5)25-23(28)20(17)13-24-22(27)19-9-8-15(4)21-18(19)10-11-26(21)14(2)3/h8-12,14H,6-7,13H2,1-5H3,(H,24,27)(H,25,28). The zero-order chi connectivity index (χ0) is 20.4. The number of H-pyrrole nitrogens is 1. The number of benzene rings is 1. The Morgan fingerprint density at radius 2 is 1.96 bits per heavy atom. The summed E-state index contributed by atoms with van der Waals surface area (Å²) in [6.45, 7) is 10.5. The summed E-state index contributed by atoms with van der Waals surface area (Å²) in [5.41, 5.74) is 5.24. The molecule has 5 nitrogen and oxygen atoms in total. The van der Waals surface area contributed by atoms with Crippen LogP contribution in [0.5, 0.6) is 0 Å². The molecule has 0 radical (unpaired) electrons. The summed E-state index contributed by atoms with van der Waals surface area (Å²) in [6.07, 6.45) is 3.80. The summed E-state index contributed by atoms with van der Waals surface area (Å²) in [6, 6.07) is 8.16. The normalized spacial score (nSPS) is 11.4. The molecule has 28 heavy (non-hydrogen) atoms. The highest BCUT2D eigenvalue weighted by molar-refractivity contribution is 6.07. The van der Waals surface area contributed by atoms with E-state index in [0.717, 1.165) is 40.6 Å². The van der Waals surface area contributed by atoms with Gasteiger partial charge in [0.1, 0.15) is 0 Å². The summed E-state index contributed by atoms with van der Waals surface area (Å²) in [7, 11) is 0. The largest absolute Gasteiger partial charge is 0.348 e. The number of hydrogen-bond donors (Lipinski definition) is 2. The Morgan fingerprint density at radius 1 is 1.21 bits per heavy atom. The minimum Gasteiger partial charge on any atom is -0.348 e. The monoisotopic (exact) mass is 379 g/mol. The summed E-state index contributed by atoms with van der Waals surface area (Å²) >= 11 is 0. The third-order valence-corrected chi connectivity index (χ3v) is 5.19. The number of fused-ring (bicyclic) bond motifs is 1. The molecule has 3 rings (SSSR count). The topological polar surface area (TPSA) is 66.9 Å². The number of pyridine rings is 1. The first-order chi connectivity index (χ1) is 13.3. The van der Waals surface area contributed by atoms with Crippen molar-refractivity contribution < 1.29 is 4.79 Å². The van der Waals surface area contributed by atoms with Gasteiger partial charge in [-0.05, 0) is 63.4 Å². The molecule has 0 bridgehead atoms. The second-order valence-electron chi connectivity index (χ2n) is 7.73. The number of amides is 1. The average molecular weight is 380 g/mol. The number of aromatic amines is 1. The predicted octanol–water partition coefficient (Wildman–Crippen LogP) is 4.41. The number of carbonyl (C=O) groups excluding carboxylic acids is 1. The van der Waals surface area contributed by atoms with Crippen molar-refractivity contribution >= 4 is 16.8 Å². The summed E-state index contributed by atoms with van der Waals surface area (Å²) < 4.78 is 2.19. The van der Waals surface area contributed by atoms with Crippen molar-refractivity contribution in [3.63, 3.8) is 0 Å². The fourth-order valence-electron chi connectivity index (χ4n) is 3.82. The van der Waals surface area contributed by atoms with Crippen LogP contribution in [-0.4, -0.2) is 15.5 Å². The maximum absolute atomic E-state index is 12.9. The number of nitrogens with one attached hydrogen (secondary N) is 2. The first-order valence-electron chi connectivity index (χ1n) is 9.93. The Bertz CT molecular complexity index is 1070. The second kappa shape index (κ2) is 8.05. The van der Waals surface area contributed by atoms with Crippen LogP contribution in [-0.2, 0) is 13.0 Å². The van der Waals surface area contributed by atoms with Crippen LogP contribution >= 0.6 is 0 Å². The van der Waals surface area contributed by atoms with Gasteiger partial charge in [0.2, 0.25) is 0 Å². The van der Waals surface area contributed by atoms with Crippen LogP contribution in [0.3, 0.4) is 0 Å². The van der Waals surface area contributed by atoms with E-state index in [1.807, 2.05) is 37.4 Å². The molecule has 148 valence electrons. The lowest BCUT2D eigenvalue weighted by Crippen LogP contribution is -2.28. The Kier molecular flexibility index (Phi) is 5.73. The molecule has 0 atom stereocenters. The van der Waals surface area contributed by atoms with Crippen LogP contribution in [0.1, 0.15) is 66.0 Å². The third kappa shape index (κ3) is 3.75. The van der Waals surface area contributed by atoms with Gasteiger partial charge in [-0.25, -0.2) is 0 Å². The van der Waals surface area contributed by atoms with Gasteiger partial charge in [0.25, 0.3) is 11.5 Å². The highest BCUT2D eigenvalue weighted by Crippen LogP contribution is 2.26. The molecule has 0 saturated carbocycles. The van der Waals surface area contributed by atoms with Gasteiger partial charge < -0.3 is 14.9 Å². The number of hydrogen-bond acceptors (Lipinski definition) is 2. The molecular formula is C23H29N3O2. The first kappa shape index (κ1) is 19.9. The van der Waals surface area contributed by atoms with Gasteiger partial charge in [0, 0.05) is 41.0 Å². The molecule has 0 aliphatic rings. The highest BCUT2D eigenvalue weighted by Gasteiger charge is 2.16. The van der Waals surface area contributed by atoms with Gasteiger partial charge in [-0.15, -0.1) is 0 Å². The van der Waals surface area contributed by atoms with Crippen molar-refractivity contribution in [1.29, 1.82) is 0 Å². The molecule has 0 saturated heterocycles. The van der Waals surface area contributed by atoms with E-state index in [4.69, 9.17) is 0 Å². The second-order valence-corrected chi connectivity index (χ2v) is 7.73. The number of aromatic nitrogens is 2. The van der Waals surface area contributed by atoms with E-state index >= 15 is 0 Å². The van der Waals surface area contributed by atoms with Gasteiger partial charge in [0.05, 0.1) is 5.52 Å². The van der Waals surface area contributed by atoms with Gasteiger partial charge in [0.15, 0.2) is 0 Å². The van der Waals surface area contributed by atoms with E-state index in [9.17, 15) is 9.59 Å². The van der Waals surface area contributed by atoms with Gasteiger partial charge in [-0.1, -0.05) is 19.4 Å². The molecule has 0 unspecified atom stereocenters. The predicted molar refractivity (Wildman–Crippen MR) is 114 cm³/mol. The van der Waals surface area contributed by atoms with E-state index in [2.05, 4.69) is 42.6 Å². The average Bonchev–Trinajstić information content (AvgIpc) is 3.07. The lowest BCUT2D eigenvalue weighted by Gasteiger charge is -2.14. The van der Waals surface area contributed by atoms with E-state index < -0.39 is 0 Å². The molecule has 2 aromatic heterocycles. The van der Waals surface area contributed by atoms with Crippen molar-refractivity contribution in [2.45, 2.75) is 60.0 Å². The lowest BCUT2D eigenvalue weighted by atomic mass is 10.0. The van der Waals surface area contributed by atoms with Crippen LogP contribution < -0.4 is 10.9 Å². The zero-order valence-electron chi connectivity index (χ0n) is 17.3. The minimum absolute atomic E-state index is 0.122. The van der Waals surface area contributed by atoms with E-state index in [1.54, 1.807) is 0 Å². The highest BCUT2D eigenvalue weighted by atomic mass is 16.1. The van der Waals surface area contributed by atoms with E-state index in [0.29, 0.717) is 17.2 Å². The summed E-state index contributed by atoms with van der Waals surface area (Å²) in [5, 5.41) is 3.90. The van der Waals surface area contributed by atoms with Crippen LogP contribution in [0.4, 0.5) is 0 Å². The molecule has 0 aliphatic heterocycles. The molecule has 1 amide bonds. The number of carbonyl (C=O) groups is 1. The van der Waals surface area contributed by atoms with Crippen LogP contribution in [0.2, 0.25) is 0 Å². The van der Waals surface area contributed by atoms with Gasteiger partial charge >= 0.3 is 0 Å². The van der Waals surface area contributed by atoms with Crippen LogP contribution in [0, 0.1) is 13.8 Å². The summed E-state index contributed by atoms with van der Waals surface area (Å²) in [4.78, 5) is 28.2. The molecule has 2 heterocycles. The fraction of sp³-hybridized carbons (Fsp3) is 0.391. The molecule has 3 aromatic rings. The Hall–Kier alpha value is -2.82. The number of rotatable bonds is 6. The Morgan fingerprint density at radius 3 is 2.64 bits per heavy atom. The van der Waals surface area contributed by atoms with Crippen LogP contribution in [0.15, 0.2) is 35.3 Å². The molecule has 0 spiro atoms. The quantitative estimate of drug-likeness (QED) is 0.666. The van der Waals surface area contributed by atoms with Crippen LogP contribution in [0.25, 0.3) is 10.9 Å². The van der Waals surface area contributed by atoms with E-state index in [1.165, 1.54) is 0 Å². The van der Waals surface area contributed by atoms with Crippen molar-refractivity contribution in [1.82, 2.24) is 14.9 Å². The lowest BCUT2D eigenvalue weighted by molar-refractivity contribution is 0.0952. The SMILES string of the molecule is CCCc1cc(C)[nH]c(=O)c1CNC(=O)c1ccc(C)c2c1ccn2C(C)C. The van der Waals surface area contributed by atoms with Crippen molar-refractivity contribution in [2.24, 2.45) is 0 Å². The summed E-state index contributed by atoms with van der Waals surface area (Å²) in [5.74, 6) is -0.158. The van der Waals surface area contributed by atoms with Crippen molar-refractivity contribution in [3.8, 4) is 0 Å². The maximum atomic E-state index is 12.9. The first-order valence-corrected chi connectivity index (χ1v) is 9.93. The minimum atomic E-state index is -0.158. The molecule has 1 aromatic carbocycles. The molecule has 0 aliphatic carbocycles. The molecule has 0 fully saturated rings. The maximum Gasteiger partial charge on any atom is 0.253 e.